The summed E-state index contributed by atoms with van der Waals surface area (Å²) in [6.45, 7) is 1.89. The number of hydrogen-bond donors (Lipinski definition) is 3. The molecule has 0 unspecified atom stereocenters. The molecule has 2 aromatic heterocycles. The van der Waals surface area contributed by atoms with E-state index >= 15 is 0 Å². The fourth-order valence-corrected chi connectivity index (χ4v) is 3.55. The minimum atomic E-state index is -4.88. The van der Waals surface area contributed by atoms with Gasteiger partial charge < -0.3 is 20.3 Å². The van der Waals surface area contributed by atoms with Gasteiger partial charge in [-0.05, 0) is 19.8 Å². The van der Waals surface area contributed by atoms with Gasteiger partial charge in [0.15, 0.2) is 0 Å². The molecule has 1 saturated heterocycles. The Labute approximate surface area is 200 Å². The average molecular weight is 523 g/mol. The molecule has 2 aromatic rings. The summed E-state index contributed by atoms with van der Waals surface area (Å²) in [4.78, 5) is 32.9. The van der Waals surface area contributed by atoms with E-state index in [1.54, 1.807) is 10.00 Å². The number of amides is 1. The van der Waals surface area contributed by atoms with Crippen LogP contribution in [0.1, 0.15) is 30.9 Å². The maximum Gasteiger partial charge on any atom is 0.423 e. The van der Waals surface area contributed by atoms with E-state index in [0.29, 0.717) is 25.9 Å². The molecule has 0 saturated carbocycles. The molecule has 1 aliphatic rings. The molecule has 198 valence electrons. The van der Waals surface area contributed by atoms with Crippen LogP contribution in [0.15, 0.2) is 23.4 Å². The van der Waals surface area contributed by atoms with Crippen molar-refractivity contribution in [1.82, 2.24) is 25.5 Å². The van der Waals surface area contributed by atoms with E-state index in [0.717, 1.165) is 18.6 Å². The molecule has 3 heterocycles. The Bertz CT molecular complexity index is 1080. The smallest absolute Gasteiger partial charge is 0.378 e. The summed E-state index contributed by atoms with van der Waals surface area (Å²) in [5.74, 6) is -0.262. The van der Waals surface area contributed by atoms with Crippen LogP contribution in [0, 0.1) is 0 Å². The number of nitrogens with one attached hydrogen (secondary N) is 3. The molecule has 1 aliphatic heterocycles. The van der Waals surface area contributed by atoms with Crippen molar-refractivity contribution >= 4 is 17.5 Å². The highest BCUT2D eigenvalue weighted by atomic mass is 19.4. The number of aromatic amines is 1. The van der Waals surface area contributed by atoms with Crippen molar-refractivity contribution in [1.29, 1.82) is 0 Å². The standard InChI is InChI=1S/C20H23F6N7O3/c1-11(30-14-8-29-32-17(35)16(14)20(24,25)26)9-36-10-15(34)31-13-2-4-33(5-3-13)18-27-6-12(7-28-18)19(21,22)23/h6-8,11,13H,2-5,9-10H2,1H3,(H,31,34)(H2,30,32,35)/t11-/m0/s1. The number of alkyl halides is 6. The van der Waals surface area contributed by atoms with E-state index in [-0.39, 0.29) is 25.2 Å². The quantitative estimate of drug-likeness (QED) is 0.450. The molecule has 3 N–H and O–H groups in total. The first-order valence-electron chi connectivity index (χ1n) is 10.8. The lowest BCUT2D eigenvalue weighted by Crippen LogP contribution is -2.46. The maximum absolute atomic E-state index is 13.1. The molecule has 0 spiro atoms. The molecule has 16 heteroatoms. The van der Waals surface area contributed by atoms with Crippen LogP contribution in [-0.2, 0) is 21.9 Å². The van der Waals surface area contributed by atoms with Gasteiger partial charge in [-0.3, -0.25) is 9.59 Å². The molecule has 0 aromatic carbocycles. The van der Waals surface area contributed by atoms with Gasteiger partial charge in [0.05, 0.1) is 24.1 Å². The lowest BCUT2D eigenvalue weighted by molar-refractivity contribution is -0.139. The van der Waals surface area contributed by atoms with Crippen LogP contribution >= 0.6 is 0 Å². The number of carbonyl (C=O) groups excluding carboxylic acids is 1. The van der Waals surface area contributed by atoms with Crippen molar-refractivity contribution in [2.24, 2.45) is 0 Å². The summed E-state index contributed by atoms with van der Waals surface area (Å²) >= 11 is 0. The summed E-state index contributed by atoms with van der Waals surface area (Å²) in [6, 6.07) is -0.867. The Morgan fingerprint density at radius 3 is 2.36 bits per heavy atom. The number of H-pyrrole nitrogens is 1. The van der Waals surface area contributed by atoms with Crippen LogP contribution in [0.4, 0.5) is 38.0 Å². The zero-order valence-electron chi connectivity index (χ0n) is 18.9. The SMILES string of the molecule is C[C@@H](COCC(=O)NC1CCN(c2ncc(C(F)(F)F)cn2)CC1)Nc1cn[nH]c(=O)c1C(F)(F)F. The van der Waals surface area contributed by atoms with E-state index in [9.17, 15) is 35.9 Å². The van der Waals surface area contributed by atoms with Gasteiger partial charge in [-0.25, -0.2) is 15.1 Å². The Kier molecular flexibility index (Phi) is 8.37. The normalized spacial score (nSPS) is 16.0. The van der Waals surface area contributed by atoms with Crippen molar-refractivity contribution in [3.8, 4) is 0 Å². The molecule has 0 radical (unpaired) electrons. The molecule has 1 atom stereocenters. The second-order valence-electron chi connectivity index (χ2n) is 8.14. The van der Waals surface area contributed by atoms with Gasteiger partial charge in [-0.2, -0.15) is 31.4 Å². The lowest BCUT2D eigenvalue weighted by atomic mass is 10.1. The number of hydrogen-bond acceptors (Lipinski definition) is 8. The maximum atomic E-state index is 13.1. The van der Waals surface area contributed by atoms with Gasteiger partial charge in [0, 0.05) is 37.6 Å². The molecule has 1 amide bonds. The minimum Gasteiger partial charge on any atom is -0.378 e. The second kappa shape index (κ2) is 11.1. The van der Waals surface area contributed by atoms with E-state index in [1.807, 2.05) is 0 Å². The summed E-state index contributed by atoms with van der Waals surface area (Å²) < 4.78 is 82.5. The number of ether oxygens (including phenoxy) is 1. The topological polar surface area (TPSA) is 125 Å². The minimum absolute atomic E-state index is 0.124. The zero-order chi connectivity index (χ0) is 26.5. The van der Waals surface area contributed by atoms with Crippen molar-refractivity contribution in [2.45, 2.75) is 44.2 Å². The number of carbonyl (C=O) groups is 1. The molecular formula is C20H23F6N7O3. The largest absolute Gasteiger partial charge is 0.423 e. The van der Waals surface area contributed by atoms with E-state index in [2.05, 4.69) is 25.7 Å². The van der Waals surface area contributed by atoms with Gasteiger partial charge in [0.2, 0.25) is 11.9 Å². The van der Waals surface area contributed by atoms with Crippen LogP contribution in [0.2, 0.25) is 0 Å². The third-order valence-electron chi connectivity index (χ3n) is 5.25. The Hall–Kier alpha value is -3.43. The fraction of sp³-hybridized carbons (Fsp3) is 0.550. The van der Waals surface area contributed by atoms with Crippen LogP contribution in [0.25, 0.3) is 0 Å². The van der Waals surface area contributed by atoms with Gasteiger partial charge in [0.25, 0.3) is 5.56 Å². The van der Waals surface area contributed by atoms with Crippen LogP contribution in [0.5, 0.6) is 0 Å². The molecule has 10 nitrogen and oxygen atoms in total. The first-order chi connectivity index (χ1) is 16.8. The van der Waals surface area contributed by atoms with Gasteiger partial charge in [-0.1, -0.05) is 0 Å². The summed E-state index contributed by atoms with van der Waals surface area (Å²) in [5, 5.41) is 10.4. The van der Waals surface area contributed by atoms with Crippen molar-refractivity contribution < 1.29 is 35.9 Å². The zero-order valence-corrected chi connectivity index (χ0v) is 18.9. The molecule has 0 bridgehead atoms. The summed E-state index contributed by atoms with van der Waals surface area (Å²) in [7, 11) is 0. The predicted molar refractivity (Wildman–Crippen MR) is 114 cm³/mol. The molecule has 1 fully saturated rings. The number of aromatic nitrogens is 4. The Balaban J connectivity index is 1.40. The highest BCUT2D eigenvalue weighted by Gasteiger charge is 2.37. The molecule has 36 heavy (non-hydrogen) atoms. The summed E-state index contributed by atoms with van der Waals surface area (Å²) in [6.07, 6.45) is -6.11. The van der Waals surface area contributed by atoms with Crippen LogP contribution in [-0.4, -0.2) is 64.5 Å². The second-order valence-corrected chi connectivity index (χ2v) is 8.14. The van der Waals surface area contributed by atoms with Crippen molar-refractivity contribution in [3.05, 3.63) is 40.1 Å². The van der Waals surface area contributed by atoms with E-state index in [1.165, 1.54) is 6.92 Å². The number of halogens is 6. The lowest BCUT2D eigenvalue weighted by Gasteiger charge is -2.32. The van der Waals surface area contributed by atoms with E-state index < -0.39 is 46.7 Å². The van der Waals surface area contributed by atoms with E-state index in [4.69, 9.17) is 4.74 Å². The predicted octanol–water partition coefficient (Wildman–Crippen LogP) is 2.20. The monoisotopic (exact) mass is 523 g/mol. The van der Waals surface area contributed by atoms with Crippen molar-refractivity contribution in [2.75, 3.05) is 36.5 Å². The number of rotatable bonds is 8. The van der Waals surface area contributed by atoms with Crippen LogP contribution in [0.3, 0.4) is 0 Å². The fourth-order valence-electron chi connectivity index (χ4n) is 3.55. The highest BCUT2D eigenvalue weighted by molar-refractivity contribution is 5.77. The molecule has 0 aliphatic carbocycles. The number of piperidine rings is 1. The first kappa shape index (κ1) is 27.2. The Morgan fingerprint density at radius 2 is 1.78 bits per heavy atom. The van der Waals surface area contributed by atoms with Gasteiger partial charge in [-0.15, -0.1) is 0 Å². The number of anilines is 2. The van der Waals surface area contributed by atoms with Gasteiger partial charge >= 0.3 is 12.4 Å². The van der Waals surface area contributed by atoms with Crippen molar-refractivity contribution in [3.63, 3.8) is 0 Å². The third kappa shape index (κ3) is 7.29. The summed E-state index contributed by atoms with van der Waals surface area (Å²) in [5.41, 5.74) is -4.23. The molecular weight excluding hydrogens is 500 g/mol. The van der Waals surface area contributed by atoms with Gasteiger partial charge in [0.1, 0.15) is 12.2 Å². The first-order valence-corrected chi connectivity index (χ1v) is 10.8. The number of nitrogens with zero attached hydrogens (tertiary/aromatic N) is 4. The highest BCUT2D eigenvalue weighted by Crippen LogP contribution is 2.31. The molecule has 3 rings (SSSR count). The van der Waals surface area contributed by atoms with Crippen LogP contribution < -0.4 is 21.1 Å². The Morgan fingerprint density at radius 1 is 1.14 bits per heavy atom. The average Bonchev–Trinajstić information content (AvgIpc) is 2.78. The third-order valence-corrected chi connectivity index (χ3v) is 5.25.